The van der Waals surface area contributed by atoms with Crippen molar-refractivity contribution in [3.63, 3.8) is 0 Å². The molecule has 2 aromatic heterocycles. The van der Waals surface area contributed by atoms with Gasteiger partial charge in [0.15, 0.2) is 5.82 Å². The summed E-state index contributed by atoms with van der Waals surface area (Å²) >= 11 is 7.30. The summed E-state index contributed by atoms with van der Waals surface area (Å²) in [4.78, 5) is 17.3. The van der Waals surface area contributed by atoms with E-state index in [1.807, 2.05) is 30.3 Å². The minimum absolute atomic E-state index is 0.0315. The van der Waals surface area contributed by atoms with Crippen molar-refractivity contribution in [2.24, 2.45) is 5.92 Å². The summed E-state index contributed by atoms with van der Waals surface area (Å²) in [5, 5.41) is 4.04. The second kappa shape index (κ2) is 8.19. The van der Waals surface area contributed by atoms with Gasteiger partial charge in [-0.2, -0.15) is 13.2 Å². The van der Waals surface area contributed by atoms with Crippen LogP contribution in [0.5, 0.6) is 5.88 Å². The predicted molar refractivity (Wildman–Crippen MR) is 105 cm³/mol. The van der Waals surface area contributed by atoms with Gasteiger partial charge in [0.2, 0.25) is 5.88 Å². The highest BCUT2D eigenvalue weighted by Gasteiger charge is 2.57. The van der Waals surface area contributed by atoms with Crippen LogP contribution in [0.15, 0.2) is 59.6 Å². The van der Waals surface area contributed by atoms with E-state index in [-0.39, 0.29) is 23.0 Å². The Labute approximate surface area is 178 Å². The lowest BCUT2D eigenvalue weighted by atomic mass is 10.3. The summed E-state index contributed by atoms with van der Waals surface area (Å²) in [5.41, 5.74) is 0.179. The van der Waals surface area contributed by atoms with E-state index in [4.69, 9.17) is 16.3 Å². The third-order valence-electron chi connectivity index (χ3n) is 4.31. The summed E-state index contributed by atoms with van der Waals surface area (Å²) in [6.45, 7) is 0. The van der Waals surface area contributed by atoms with E-state index < -0.39 is 24.1 Å². The van der Waals surface area contributed by atoms with Crippen molar-refractivity contribution in [1.29, 1.82) is 0 Å². The molecule has 0 bridgehead atoms. The number of pyridine rings is 1. The molecule has 2 heterocycles. The molecule has 1 amide bonds. The first-order valence-electron chi connectivity index (χ1n) is 8.79. The van der Waals surface area contributed by atoms with Crippen LogP contribution >= 0.6 is 23.5 Å². The summed E-state index contributed by atoms with van der Waals surface area (Å²) in [7, 11) is 0. The summed E-state index contributed by atoms with van der Waals surface area (Å²) in [6.07, 6.45) is -3.77. The standard InChI is InChI=1S/C19H14ClF3N4O2S/c20-17-12(18(28)26-30-11-4-2-1-3-5-11)6-7-15(24-17)27-9-8-16(25-27)29-14-10-13(14)19(21,22)23/h1-9,13-14H,10H2,(H,26,28)/t13-,14-/m0/s1. The zero-order chi connectivity index (χ0) is 21.3. The van der Waals surface area contributed by atoms with Crippen LogP contribution in [0.1, 0.15) is 16.8 Å². The van der Waals surface area contributed by atoms with Gasteiger partial charge in [-0.3, -0.25) is 9.52 Å². The van der Waals surface area contributed by atoms with Gasteiger partial charge in [-0.25, -0.2) is 9.67 Å². The fourth-order valence-electron chi connectivity index (χ4n) is 2.67. The third kappa shape index (κ3) is 4.71. The number of carbonyl (C=O) groups excluding carboxylic acids is 1. The molecule has 1 fully saturated rings. The van der Waals surface area contributed by atoms with Gasteiger partial charge in [-0.15, -0.1) is 5.10 Å². The molecule has 1 aromatic carbocycles. The number of amides is 1. The Morgan fingerprint density at radius 1 is 1.20 bits per heavy atom. The van der Waals surface area contributed by atoms with Crippen LogP contribution in [0, 0.1) is 5.92 Å². The van der Waals surface area contributed by atoms with E-state index in [1.165, 1.54) is 29.1 Å². The lowest BCUT2D eigenvalue weighted by molar-refractivity contribution is -0.153. The number of benzene rings is 1. The first-order chi connectivity index (χ1) is 14.3. The van der Waals surface area contributed by atoms with Crippen molar-refractivity contribution in [3.05, 3.63) is 65.4 Å². The molecule has 0 aliphatic heterocycles. The highest BCUT2D eigenvalue weighted by Crippen LogP contribution is 2.46. The Balaban J connectivity index is 1.40. The van der Waals surface area contributed by atoms with Gasteiger partial charge in [-0.1, -0.05) is 29.8 Å². The number of carbonyl (C=O) groups is 1. The minimum atomic E-state index is -4.27. The van der Waals surface area contributed by atoms with E-state index in [1.54, 1.807) is 0 Å². The predicted octanol–water partition coefficient (Wildman–Crippen LogP) is 4.69. The molecule has 30 heavy (non-hydrogen) atoms. The molecular weight excluding hydrogens is 441 g/mol. The van der Waals surface area contributed by atoms with Crippen LogP contribution in [-0.2, 0) is 0 Å². The molecule has 1 aliphatic carbocycles. The molecule has 1 N–H and O–H groups in total. The fourth-order valence-corrected chi connectivity index (χ4v) is 3.52. The SMILES string of the molecule is O=C(NSc1ccccc1)c1ccc(-n2ccc(O[C@H]3C[C@@H]3C(F)(F)F)n2)nc1Cl. The van der Waals surface area contributed by atoms with Gasteiger partial charge in [0.1, 0.15) is 11.3 Å². The molecule has 0 spiro atoms. The van der Waals surface area contributed by atoms with Gasteiger partial charge in [0.05, 0.1) is 11.5 Å². The fraction of sp³-hybridized carbons (Fsp3) is 0.211. The maximum atomic E-state index is 12.6. The molecule has 156 valence electrons. The van der Waals surface area contributed by atoms with Crippen molar-refractivity contribution >= 4 is 29.5 Å². The zero-order valence-electron chi connectivity index (χ0n) is 15.1. The Morgan fingerprint density at radius 2 is 1.97 bits per heavy atom. The monoisotopic (exact) mass is 454 g/mol. The van der Waals surface area contributed by atoms with Crippen molar-refractivity contribution in [2.45, 2.75) is 23.6 Å². The molecule has 6 nitrogen and oxygen atoms in total. The number of nitrogens with zero attached hydrogens (tertiary/aromatic N) is 3. The van der Waals surface area contributed by atoms with Crippen LogP contribution in [0.3, 0.4) is 0 Å². The Hall–Kier alpha value is -2.72. The lowest BCUT2D eigenvalue weighted by Crippen LogP contribution is -2.17. The zero-order valence-corrected chi connectivity index (χ0v) is 16.7. The molecular formula is C19H14ClF3N4O2S. The number of hydrogen-bond acceptors (Lipinski definition) is 5. The summed E-state index contributed by atoms with van der Waals surface area (Å²) in [5.74, 6) is -1.51. The number of alkyl halides is 3. The minimum Gasteiger partial charge on any atom is -0.473 e. The molecule has 0 saturated heterocycles. The molecule has 1 saturated carbocycles. The molecule has 2 atom stereocenters. The van der Waals surface area contributed by atoms with Crippen LogP contribution < -0.4 is 9.46 Å². The number of halogens is 4. The number of ether oxygens (including phenoxy) is 1. The van der Waals surface area contributed by atoms with E-state index in [0.29, 0.717) is 5.82 Å². The second-order valence-electron chi connectivity index (χ2n) is 6.49. The van der Waals surface area contributed by atoms with Gasteiger partial charge < -0.3 is 4.74 Å². The van der Waals surface area contributed by atoms with Crippen molar-refractivity contribution < 1.29 is 22.7 Å². The molecule has 3 aromatic rings. The number of aromatic nitrogens is 3. The van der Waals surface area contributed by atoms with E-state index >= 15 is 0 Å². The topological polar surface area (TPSA) is 69.0 Å². The molecule has 4 rings (SSSR count). The van der Waals surface area contributed by atoms with Gasteiger partial charge >= 0.3 is 6.18 Å². The van der Waals surface area contributed by atoms with Crippen LogP contribution in [-0.4, -0.2) is 33.0 Å². The van der Waals surface area contributed by atoms with Crippen molar-refractivity contribution in [2.75, 3.05) is 0 Å². The Morgan fingerprint density at radius 3 is 2.63 bits per heavy atom. The molecule has 0 radical (unpaired) electrons. The van der Waals surface area contributed by atoms with Crippen molar-refractivity contribution in [3.8, 4) is 11.7 Å². The quantitative estimate of drug-likeness (QED) is 0.432. The third-order valence-corrected chi connectivity index (χ3v) is 5.39. The Kier molecular flexibility index (Phi) is 5.61. The van der Waals surface area contributed by atoms with Crippen LogP contribution in [0.2, 0.25) is 5.15 Å². The molecule has 0 unspecified atom stereocenters. The maximum Gasteiger partial charge on any atom is 0.395 e. The first-order valence-corrected chi connectivity index (χ1v) is 9.99. The molecule has 1 aliphatic rings. The number of hydrogen-bond donors (Lipinski definition) is 1. The lowest BCUT2D eigenvalue weighted by Gasteiger charge is -2.07. The van der Waals surface area contributed by atoms with Crippen LogP contribution in [0.25, 0.3) is 5.82 Å². The van der Waals surface area contributed by atoms with Gasteiger partial charge in [0, 0.05) is 17.2 Å². The summed E-state index contributed by atoms with van der Waals surface area (Å²) in [6, 6.07) is 13.7. The van der Waals surface area contributed by atoms with Crippen molar-refractivity contribution in [1.82, 2.24) is 19.5 Å². The van der Waals surface area contributed by atoms with E-state index in [9.17, 15) is 18.0 Å². The highest BCUT2D eigenvalue weighted by molar-refractivity contribution is 7.98. The highest BCUT2D eigenvalue weighted by atomic mass is 35.5. The van der Waals surface area contributed by atoms with E-state index in [0.717, 1.165) is 16.8 Å². The average molecular weight is 455 g/mol. The Bertz CT molecular complexity index is 1060. The van der Waals surface area contributed by atoms with Gasteiger partial charge in [-0.05, 0) is 42.6 Å². The second-order valence-corrected chi connectivity index (χ2v) is 7.73. The summed E-state index contributed by atoms with van der Waals surface area (Å²) < 4.78 is 47.0. The normalized spacial score (nSPS) is 18.1. The molecule has 11 heteroatoms. The smallest absolute Gasteiger partial charge is 0.395 e. The largest absolute Gasteiger partial charge is 0.473 e. The first kappa shape index (κ1) is 20.5. The number of rotatable bonds is 6. The van der Waals surface area contributed by atoms with E-state index in [2.05, 4.69) is 14.8 Å². The van der Waals surface area contributed by atoms with Crippen LogP contribution in [0.4, 0.5) is 13.2 Å². The van der Waals surface area contributed by atoms with Gasteiger partial charge in [0.25, 0.3) is 5.91 Å². The maximum absolute atomic E-state index is 12.6. The number of nitrogens with one attached hydrogen (secondary N) is 1. The average Bonchev–Trinajstić information content (AvgIpc) is 3.35.